The highest BCUT2D eigenvalue weighted by Gasteiger charge is 2.27. The van der Waals surface area contributed by atoms with E-state index in [0.29, 0.717) is 34.9 Å². The van der Waals surface area contributed by atoms with Crippen molar-refractivity contribution < 1.29 is 23.7 Å². The number of methoxy groups -OCH3 is 3. The molecule has 0 aliphatic carbocycles. The van der Waals surface area contributed by atoms with E-state index in [0.717, 1.165) is 5.69 Å². The molecule has 1 aromatic carbocycles. The Hall–Kier alpha value is -2.38. The van der Waals surface area contributed by atoms with E-state index in [4.69, 9.17) is 30.5 Å². The molecular weight excluding hydrogens is 372 g/mol. The maximum atomic E-state index is 12.3. The highest BCUT2D eigenvalue weighted by molar-refractivity contribution is 6.36. The second kappa shape index (κ2) is 9.01. The summed E-state index contributed by atoms with van der Waals surface area (Å²) in [5.41, 5.74) is 2.32. The fourth-order valence-corrected chi connectivity index (χ4v) is 3.22. The van der Waals surface area contributed by atoms with E-state index in [1.54, 1.807) is 27.2 Å². The van der Waals surface area contributed by atoms with E-state index in [1.165, 1.54) is 7.11 Å². The summed E-state index contributed by atoms with van der Waals surface area (Å²) >= 11 is 6.60. The third-order valence-corrected chi connectivity index (χ3v) is 4.32. The zero-order valence-electron chi connectivity index (χ0n) is 16.4. The summed E-state index contributed by atoms with van der Waals surface area (Å²) < 4.78 is 21.5. The third-order valence-electron chi connectivity index (χ3n) is 3.94. The van der Waals surface area contributed by atoms with Crippen LogP contribution in [0.25, 0.3) is 11.1 Å². The van der Waals surface area contributed by atoms with Gasteiger partial charge in [-0.05, 0) is 33.2 Å². The number of nitrogens with one attached hydrogen (secondary N) is 1. The van der Waals surface area contributed by atoms with Gasteiger partial charge in [0.15, 0.2) is 11.5 Å². The van der Waals surface area contributed by atoms with Crippen molar-refractivity contribution in [3.63, 3.8) is 0 Å². The van der Waals surface area contributed by atoms with E-state index in [-0.39, 0.29) is 17.3 Å². The van der Waals surface area contributed by atoms with E-state index in [1.807, 2.05) is 25.1 Å². The van der Waals surface area contributed by atoms with Crippen molar-refractivity contribution in [2.75, 3.05) is 42.0 Å². The smallest absolute Gasteiger partial charge is 0.356 e. The average Bonchev–Trinajstić information content (AvgIpc) is 2.95. The first kappa shape index (κ1) is 20.9. The van der Waals surface area contributed by atoms with Crippen LogP contribution in [0.5, 0.6) is 17.2 Å². The topological polar surface area (TPSA) is 73.0 Å². The van der Waals surface area contributed by atoms with Crippen LogP contribution in [0.3, 0.4) is 0 Å². The predicted molar refractivity (Wildman–Crippen MR) is 104 cm³/mol. The molecule has 2 aromatic rings. The van der Waals surface area contributed by atoms with Gasteiger partial charge in [0.05, 0.1) is 33.0 Å². The number of halogens is 1. The van der Waals surface area contributed by atoms with Crippen LogP contribution in [0.2, 0.25) is 5.02 Å². The third kappa shape index (κ3) is 4.14. The van der Waals surface area contributed by atoms with E-state index >= 15 is 0 Å². The van der Waals surface area contributed by atoms with Gasteiger partial charge in [-0.3, -0.25) is 0 Å². The van der Waals surface area contributed by atoms with E-state index in [9.17, 15) is 4.79 Å². The van der Waals surface area contributed by atoms with Crippen molar-refractivity contribution >= 4 is 17.6 Å². The van der Waals surface area contributed by atoms with Gasteiger partial charge in [0.2, 0.25) is 5.75 Å². The minimum absolute atomic E-state index is 0.210. The lowest BCUT2D eigenvalue weighted by Gasteiger charge is -2.17. The van der Waals surface area contributed by atoms with Crippen LogP contribution in [-0.2, 0) is 11.3 Å². The van der Waals surface area contributed by atoms with Gasteiger partial charge in [-0.1, -0.05) is 11.6 Å². The first-order valence-corrected chi connectivity index (χ1v) is 8.78. The fourth-order valence-electron chi connectivity index (χ4n) is 2.88. The van der Waals surface area contributed by atoms with Crippen molar-refractivity contribution in [2.24, 2.45) is 0 Å². The highest BCUT2D eigenvalue weighted by Crippen LogP contribution is 2.47. The summed E-state index contributed by atoms with van der Waals surface area (Å²) in [5, 5.41) is 0.274. The second-order valence-corrected chi connectivity index (χ2v) is 6.39. The van der Waals surface area contributed by atoms with Gasteiger partial charge in [0.1, 0.15) is 5.69 Å². The molecule has 148 valence electrons. The number of nitrogens with zero attached hydrogens (tertiary/aromatic N) is 1. The largest absolute Gasteiger partial charge is 0.493 e. The number of aromatic amines is 1. The number of H-pyrrole nitrogens is 1. The molecule has 2 rings (SSSR count). The quantitative estimate of drug-likeness (QED) is 0.687. The molecule has 1 N–H and O–H groups in total. The van der Waals surface area contributed by atoms with Crippen LogP contribution in [0.15, 0.2) is 12.1 Å². The van der Waals surface area contributed by atoms with Gasteiger partial charge in [0, 0.05) is 23.4 Å². The van der Waals surface area contributed by atoms with Gasteiger partial charge in [-0.2, -0.15) is 0 Å². The maximum absolute atomic E-state index is 12.3. The Bertz CT molecular complexity index is 817. The fraction of sp³-hybridized carbons (Fsp3) is 0.421. The number of carbonyl (C=O) groups is 1. The summed E-state index contributed by atoms with van der Waals surface area (Å²) in [6, 6.07) is 3.59. The molecule has 0 spiro atoms. The predicted octanol–water partition coefficient (Wildman–Crippen LogP) is 3.60. The summed E-state index contributed by atoms with van der Waals surface area (Å²) in [6.45, 7) is 2.53. The normalized spacial score (nSPS) is 10.8. The zero-order chi connectivity index (χ0) is 20.1. The number of ether oxygens (including phenoxy) is 4. The van der Waals surface area contributed by atoms with E-state index in [2.05, 4.69) is 4.98 Å². The number of aromatic nitrogens is 1. The van der Waals surface area contributed by atoms with Crippen molar-refractivity contribution in [2.45, 2.75) is 13.5 Å². The Morgan fingerprint density at radius 2 is 1.78 bits per heavy atom. The van der Waals surface area contributed by atoms with Gasteiger partial charge >= 0.3 is 5.97 Å². The molecule has 0 atom stereocenters. The van der Waals surface area contributed by atoms with Crippen LogP contribution in [0, 0.1) is 0 Å². The molecule has 1 heterocycles. The van der Waals surface area contributed by atoms with Gasteiger partial charge < -0.3 is 28.8 Å². The Kier molecular flexibility index (Phi) is 6.98. The molecule has 0 unspecified atom stereocenters. The molecule has 0 aliphatic rings. The minimum Gasteiger partial charge on any atom is -0.493 e. The second-order valence-electron chi connectivity index (χ2n) is 6.01. The van der Waals surface area contributed by atoms with Gasteiger partial charge in [-0.25, -0.2) is 4.79 Å². The van der Waals surface area contributed by atoms with Crippen molar-refractivity contribution in [3.05, 3.63) is 28.5 Å². The number of hydrogen-bond acceptors (Lipinski definition) is 6. The molecule has 0 fully saturated rings. The summed E-state index contributed by atoms with van der Waals surface area (Å²) in [7, 11) is 8.48. The number of esters is 1. The molecule has 1 aromatic heterocycles. The van der Waals surface area contributed by atoms with Crippen molar-refractivity contribution in [3.8, 4) is 28.4 Å². The maximum Gasteiger partial charge on any atom is 0.356 e. The van der Waals surface area contributed by atoms with Crippen LogP contribution in [0.4, 0.5) is 0 Å². The van der Waals surface area contributed by atoms with Crippen LogP contribution >= 0.6 is 11.6 Å². The standard InChI is InChI=1S/C19H25ClN2O5/c1-7-27-19(23)16-15(20)14(12(21-16)10-22(2)3)11-8-9-13(24-4)18(26-6)17(11)25-5/h8-9,21H,7,10H2,1-6H3. The molecule has 27 heavy (non-hydrogen) atoms. The minimum atomic E-state index is -0.506. The molecule has 0 bridgehead atoms. The van der Waals surface area contributed by atoms with Crippen LogP contribution in [0.1, 0.15) is 23.1 Å². The van der Waals surface area contributed by atoms with Gasteiger partial charge in [-0.15, -0.1) is 0 Å². The Labute approximate surface area is 164 Å². The average molecular weight is 397 g/mol. The molecule has 0 aliphatic heterocycles. The van der Waals surface area contributed by atoms with Crippen molar-refractivity contribution in [1.82, 2.24) is 9.88 Å². The Morgan fingerprint density at radius 3 is 2.30 bits per heavy atom. The molecule has 7 nitrogen and oxygen atoms in total. The number of rotatable bonds is 8. The van der Waals surface area contributed by atoms with Crippen LogP contribution in [-0.4, -0.2) is 57.9 Å². The van der Waals surface area contributed by atoms with Gasteiger partial charge in [0.25, 0.3) is 0 Å². The first-order chi connectivity index (χ1) is 12.9. The van der Waals surface area contributed by atoms with E-state index < -0.39 is 5.97 Å². The molecular formula is C19H25ClN2O5. The highest BCUT2D eigenvalue weighted by atomic mass is 35.5. The van der Waals surface area contributed by atoms with Crippen LogP contribution < -0.4 is 14.2 Å². The lowest BCUT2D eigenvalue weighted by molar-refractivity contribution is 0.0520. The first-order valence-electron chi connectivity index (χ1n) is 8.41. The molecule has 0 saturated carbocycles. The number of carbonyl (C=O) groups excluding carboxylic acids is 1. The monoisotopic (exact) mass is 396 g/mol. The SMILES string of the molecule is CCOC(=O)c1[nH]c(CN(C)C)c(-c2ccc(OC)c(OC)c2OC)c1Cl. The van der Waals surface area contributed by atoms with Crippen molar-refractivity contribution in [1.29, 1.82) is 0 Å². The summed E-state index contributed by atoms with van der Waals surface area (Å²) in [4.78, 5) is 17.4. The molecule has 0 amide bonds. The molecule has 0 saturated heterocycles. The lowest BCUT2D eigenvalue weighted by atomic mass is 10.0. The molecule has 0 radical (unpaired) electrons. The lowest BCUT2D eigenvalue weighted by Crippen LogP contribution is -2.12. The summed E-state index contributed by atoms with van der Waals surface area (Å²) in [6.07, 6.45) is 0. The number of benzene rings is 1. The summed E-state index contributed by atoms with van der Waals surface area (Å²) in [5.74, 6) is 0.939. The molecule has 8 heteroatoms. The number of hydrogen-bond donors (Lipinski definition) is 1. The Morgan fingerprint density at radius 1 is 1.11 bits per heavy atom. The Balaban J connectivity index is 2.75. The zero-order valence-corrected chi connectivity index (χ0v) is 17.2.